The van der Waals surface area contributed by atoms with Gasteiger partial charge in [0, 0.05) is 35.8 Å². The Hall–Kier alpha value is -3.12. The molecule has 30 heavy (non-hydrogen) atoms. The van der Waals surface area contributed by atoms with E-state index in [2.05, 4.69) is 10.3 Å². The highest BCUT2D eigenvalue weighted by Gasteiger charge is 2.26. The lowest BCUT2D eigenvalue weighted by atomic mass is 10.0. The summed E-state index contributed by atoms with van der Waals surface area (Å²) < 4.78 is 0. The van der Waals surface area contributed by atoms with Gasteiger partial charge in [0.05, 0.1) is 5.56 Å². The van der Waals surface area contributed by atoms with Crippen LogP contribution in [-0.4, -0.2) is 40.8 Å². The third kappa shape index (κ3) is 4.89. The zero-order chi connectivity index (χ0) is 20.8. The Bertz CT molecular complexity index is 1000. The molecule has 6 heteroatoms. The lowest BCUT2D eigenvalue weighted by Gasteiger charge is -2.32. The SMILES string of the molecule is O=C(NC1CCN(C(=O)c2cccnc2Sc2ccccc2)CC1)c1ccccc1. The zero-order valence-corrected chi connectivity index (χ0v) is 17.3. The fourth-order valence-electron chi connectivity index (χ4n) is 3.49. The van der Waals surface area contributed by atoms with Gasteiger partial charge in [-0.3, -0.25) is 9.59 Å². The molecule has 2 aromatic carbocycles. The average Bonchev–Trinajstić information content (AvgIpc) is 2.81. The molecule has 0 bridgehead atoms. The van der Waals surface area contributed by atoms with Crippen molar-refractivity contribution in [2.75, 3.05) is 13.1 Å². The van der Waals surface area contributed by atoms with Crippen LogP contribution in [0.4, 0.5) is 0 Å². The minimum absolute atomic E-state index is 0.00522. The molecule has 0 aliphatic carbocycles. The predicted octanol–water partition coefficient (Wildman–Crippen LogP) is 4.27. The van der Waals surface area contributed by atoms with E-state index in [1.54, 1.807) is 12.3 Å². The van der Waals surface area contributed by atoms with Crippen molar-refractivity contribution < 1.29 is 9.59 Å². The summed E-state index contributed by atoms with van der Waals surface area (Å²) in [4.78, 5) is 32.9. The summed E-state index contributed by atoms with van der Waals surface area (Å²) in [5, 5.41) is 3.80. The highest BCUT2D eigenvalue weighted by Crippen LogP contribution is 2.29. The van der Waals surface area contributed by atoms with E-state index in [0.29, 0.717) is 29.2 Å². The molecular weight excluding hydrogens is 394 g/mol. The second-order valence-electron chi connectivity index (χ2n) is 7.18. The van der Waals surface area contributed by atoms with Crippen LogP contribution < -0.4 is 5.32 Å². The van der Waals surface area contributed by atoms with Gasteiger partial charge in [-0.15, -0.1) is 0 Å². The van der Waals surface area contributed by atoms with Crippen LogP contribution in [0.2, 0.25) is 0 Å². The second kappa shape index (κ2) is 9.59. The number of aromatic nitrogens is 1. The highest BCUT2D eigenvalue weighted by molar-refractivity contribution is 7.99. The van der Waals surface area contributed by atoms with Crippen LogP contribution in [0, 0.1) is 0 Å². The van der Waals surface area contributed by atoms with Crippen molar-refractivity contribution >= 4 is 23.6 Å². The van der Waals surface area contributed by atoms with Gasteiger partial charge in [-0.05, 0) is 49.2 Å². The largest absolute Gasteiger partial charge is 0.349 e. The van der Waals surface area contributed by atoms with Gasteiger partial charge in [-0.1, -0.05) is 48.2 Å². The van der Waals surface area contributed by atoms with Crippen LogP contribution in [0.3, 0.4) is 0 Å². The van der Waals surface area contributed by atoms with Crippen LogP contribution in [0.5, 0.6) is 0 Å². The molecule has 4 rings (SSSR count). The molecule has 0 atom stereocenters. The van der Waals surface area contributed by atoms with Crippen molar-refractivity contribution in [2.24, 2.45) is 0 Å². The number of hydrogen-bond acceptors (Lipinski definition) is 4. The Morgan fingerprint density at radius 2 is 1.57 bits per heavy atom. The van der Waals surface area contributed by atoms with E-state index in [1.807, 2.05) is 71.6 Å². The predicted molar refractivity (Wildman–Crippen MR) is 118 cm³/mol. The number of amides is 2. The molecule has 1 aliphatic heterocycles. The number of carbonyl (C=O) groups excluding carboxylic acids is 2. The molecule has 0 radical (unpaired) electrons. The van der Waals surface area contributed by atoms with Gasteiger partial charge < -0.3 is 10.2 Å². The Morgan fingerprint density at radius 1 is 0.900 bits per heavy atom. The second-order valence-corrected chi connectivity index (χ2v) is 8.24. The Labute approximate surface area is 180 Å². The monoisotopic (exact) mass is 417 g/mol. The summed E-state index contributed by atoms with van der Waals surface area (Å²) in [6.07, 6.45) is 3.20. The van der Waals surface area contributed by atoms with E-state index in [0.717, 1.165) is 17.7 Å². The number of piperidine rings is 1. The molecule has 1 N–H and O–H groups in total. The minimum atomic E-state index is -0.0609. The standard InChI is InChI=1S/C24H23N3O2S/c28-22(18-8-3-1-4-9-18)26-19-13-16-27(17-14-19)24(29)21-12-7-15-25-23(21)30-20-10-5-2-6-11-20/h1-12,15,19H,13-14,16-17H2,(H,26,28). The topological polar surface area (TPSA) is 62.3 Å². The van der Waals surface area contributed by atoms with Crippen LogP contribution in [0.25, 0.3) is 0 Å². The van der Waals surface area contributed by atoms with Crippen molar-refractivity contribution in [1.29, 1.82) is 0 Å². The van der Waals surface area contributed by atoms with E-state index < -0.39 is 0 Å². The minimum Gasteiger partial charge on any atom is -0.349 e. The molecule has 1 fully saturated rings. The number of benzene rings is 2. The molecule has 5 nitrogen and oxygen atoms in total. The van der Waals surface area contributed by atoms with Gasteiger partial charge >= 0.3 is 0 Å². The summed E-state index contributed by atoms with van der Waals surface area (Å²) in [6.45, 7) is 1.23. The molecule has 1 aromatic heterocycles. The molecular formula is C24H23N3O2S. The van der Waals surface area contributed by atoms with Crippen LogP contribution in [0.15, 0.2) is 88.9 Å². The summed E-state index contributed by atoms with van der Waals surface area (Å²) in [5.74, 6) is -0.0662. The summed E-state index contributed by atoms with van der Waals surface area (Å²) in [7, 11) is 0. The Balaban J connectivity index is 1.37. The molecule has 0 saturated carbocycles. The molecule has 2 heterocycles. The maximum atomic E-state index is 13.1. The number of likely N-dealkylation sites (tertiary alicyclic amines) is 1. The molecule has 152 valence electrons. The van der Waals surface area contributed by atoms with Crippen molar-refractivity contribution in [3.63, 3.8) is 0 Å². The average molecular weight is 418 g/mol. The number of pyridine rings is 1. The zero-order valence-electron chi connectivity index (χ0n) is 16.5. The number of rotatable bonds is 5. The lowest BCUT2D eigenvalue weighted by molar-refractivity contribution is 0.0694. The van der Waals surface area contributed by atoms with Crippen molar-refractivity contribution in [2.45, 2.75) is 28.8 Å². The number of nitrogens with zero attached hydrogens (tertiary/aromatic N) is 2. The maximum absolute atomic E-state index is 13.1. The molecule has 1 aliphatic rings. The van der Waals surface area contributed by atoms with Crippen molar-refractivity contribution in [3.8, 4) is 0 Å². The first-order valence-electron chi connectivity index (χ1n) is 10.0. The molecule has 0 spiro atoms. The summed E-state index contributed by atoms with van der Waals surface area (Å²) >= 11 is 1.50. The molecule has 2 amide bonds. The van der Waals surface area contributed by atoms with Gasteiger partial charge in [0.1, 0.15) is 5.03 Å². The Kier molecular flexibility index (Phi) is 6.44. The van der Waals surface area contributed by atoms with E-state index in [4.69, 9.17) is 0 Å². The smallest absolute Gasteiger partial charge is 0.256 e. The quantitative estimate of drug-likeness (QED) is 0.674. The van der Waals surface area contributed by atoms with Gasteiger partial charge in [0.25, 0.3) is 11.8 Å². The highest BCUT2D eigenvalue weighted by atomic mass is 32.2. The number of carbonyl (C=O) groups is 2. The molecule has 1 saturated heterocycles. The number of hydrogen-bond donors (Lipinski definition) is 1. The summed E-state index contributed by atoms with van der Waals surface area (Å²) in [5.41, 5.74) is 1.28. The maximum Gasteiger partial charge on any atom is 0.256 e. The van der Waals surface area contributed by atoms with Gasteiger partial charge in [-0.25, -0.2) is 4.98 Å². The van der Waals surface area contributed by atoms with E-state index in [1.165, 1.54) is 11.8 Å². The first-order chi connectivity index (χ1) is 14.7. The third-order valence-electron chi connectivity index (χ3n) is 5.11. The van der Waals surface area contributed by atoms with Crippen LogP contribution >= 0.6 is 11.8 Å². The van der Waals surface area contributed by atoms with Crippen molar-refractivity contribution in [1.82, 2.24) is 15.2 Å². The van der Waals surface area contributed by atoms with E-state index in [9.17, 15) is 9.59 Å². The summed E-state index contributed by atoms with van der Waals surface area (Å²) in [6, 6.07) is 22.9. The van der Waals surface area contributed by atoms with E-state index >= 15 is 0 Å². The third-order valence-corrected chi connectivity index (χ3v) is 6.14. The van der Waals surface area contributed by atoms with Gasteiger partial charge in [-0.2, -0.15) is 0 Å². The number of nitrogens with one attached hydrogen (secondary N) is 1. The van der Waals surface area contributed by atoms with Gasteiger partial charge in [0.15, 0.2) is 0 Å². The van der Waals surface area contributed by atoms with Gasteiger partial charge in [0.2, 0.25) is 0 Å². The first-order valence-corrected chi connectivity index (χ1v) is 10.9. The first kappa shape index (κ1) is 20.2. The molecule has 3 aromatic rings. The Morgan fingerprint density at radius 3 is 2.27 bits per heavy atom. The fraction of sp³-hybridized carbons (Fsp3) is 0.208. The fourth-order valence-corrected chi connectivity index (χ4v) is 4.39. The normalized spacial score (nSPS) is 14.3. The molecule has 0 unspecified atom stereocenters. The van der Waals surface area contributed by atoms with Crippen LogP contribution in [0.1, 0.15) is 33.6 Å². The van der Waals surface area contributed by atoms with Crippen molar-refractivity contribution in [3.05, 3.63) is 90.1 Å². The van der Waals surface area contributed by atoms with Crippen LogP contribution in [-0.2, 0) is 0 Å². The lowest BCUT2D eigenvalue weighted by Crippen LogP contribution is -2.46. The van der Waals surface area contributed by atoms with E-state index in [-0.39, 0.29) is 17.9 Å².